The second-order valence-corrected chi connectivity index (χ2v) is 5.12. The zero-order valence-electron chi connectivity index (χ0n) is 11.2. The van der Waals surface area contributed by atoms with Crippen LogP contribution in [0.5, 0.6) is 0 Å². The van der Waals surface area contributed by atoms with Gasteiger partial charge in [0.05, 0.1) is 4.92 Å². The quantitative estimate of drug-likeness (QED) is 0.634. The van der Waals surface area contributed by atoms with Crippen LogP contribution >= 0.6 is 0 Å². The number of hydrogen-bond donors (Lipinski definition) is 0. The normalized spacial score (nSPS) is 14.7. The van der Waals surface area contributed by atoms with Crippen LogP contribution in [0.15, 0.2) is 42.7 Å². The highest BCUT2D eigenvalue weighted by Gasteiger charge is 2.18. The predicted octanol–water partition coefficient (Wildman–Crippen LogP) is 3.04. The van der Waals surface area contributed by atoms with Crippen molar-refractivity contribution in [1.82, 2.24) is 4.57 Å². The molecule has 0 atom stereocenters. The van der Waals surface area contributed by atoms with Crippen LogP contribution in [0.25, 0.3) is 0 Å². The highest BCUT2D eigenvalue weighted by molar-refractivity contribution is 5.58. The number of non-ortho nitro benzene ring substituents is 1. The van der Waals surface area contributed by atoms with Gasteiger partial charge < -0.3 is 9.47 Å². The standard InChI is InChI=1S/C15H17N3O2/c19-18(20)14-5-6-15(17-9-3-4-10-17)13(11-14)12-16-7-1-2-8-16/h1-2,5-8,11H,3-4,9-10,12H2. The molecule has 3 rings (SSSR count). The highest BCUT2D eigenvalue weighted by atomic mass is 16.6. The lowest BCUT2D eigenvalue weighted by molar-refractivity contribution is -0.384. The van der Waals surface area contributed by atoms with Crippen molar-refractivity contribution >= 4 is 11.4 Å². The van der Waals surface area contributed by atoms with Crippen molar-refractivity contribution in [1.29, 1.82) is 0 Å². The minimum absolute atomic E-state index is 0.162. The van der Waals surface area contributed by atoms with Gasteiger partial charge in [0.15, 0.2) is 0 Å². The Morgan fingerprint density at radius 3 is 2.50 bits per heavy atom. The van der Waals surface area contributed by atoms with Gasteiger partial charge in [-0.15, -0.1) is 0 Å². The summed E-state index contributed by atoms with van der Waals surface area (Å²) in [5.74, 6) is 0. The van der Waals surface area contributed by atoms with E-state index in [9.17, 15) is 10.1 Å². The number of benzene rings is 1. The summed E-state index contributed by atoms with van der Waals surface area (Å²) in [4.78, 5) is 13.0. The summed E-state index contributed by atoms with van der Waals surface area (Å²) in [5.41, 5.74) is 2.30. The molecule has 2 aromatic rings. The molecule has 0 radical (unpaired) electrons. The Labute approximate surface area is 117 Å². The van der Waals surface area contributed by atoms with Crippen molar-refractivity contribution in [3.63, 3.8) is 0 Å². The lowest BCUT2D eigenvalue weighted by Crippen LogP contribution is -2.20. The average molecular weight is 271 g/mol. The summed E-state index contributed by atoms with van der Waals surface area (Å²) in [6, 6.07) is 9.13. The Bertz CT molecular complexity index is 602. The minimum atomic E-state index is -0.326. The van der Waals surface area contributed by atoms with Crippen LogP contribution in [0, 0.1) is 10.1 Å². The van der Waals surface area contributed by atoms with E-state index in [2.05, 4.69) is 4.90 Å². The smallest absolute Gasteiger partial charge is 0.269 e. The van der Waals surface area contributed by atoms with E-state index in [4.69, 9.17) is 0 Å². The van der Waals surface area contributed by atoms with E-state index in [0.717, 1.165) is 24.3 Å². The molecule has 1 aliphatic rings. The van der Waals surface area contributed by atoms with Gasteiger partial charge in [-0.3, -0.25) is 10.1 Å². The van der Waals surface area contributed by atoms with Crippen LogP contribution in [-0.4, -0.2) is 22.6 Å². The molecule has 1 aliphatic heterocycles. The molecule has 2 heterocycles. The van der Waals surface area contributed by atoms with Gasteiger partial charge in [0.2, 0.25) is 0 Å². The van der Waals surface area contributed by atoms with E-state index < -0.39 is 0 Å². The summed E-state index contributed by atoms with van der Waals surface area (Å²) in [6.07, 6.45) is 6.35. The first-order chi connectivity index (χ1) is 9.74. The van der Waals surface area contributed by atoms with Crippen molar-refractivity contribution in [2.75, 3.05) is 18.0 Å². The SMILES string of the molecule is O=[N+]([O-])c1ccc(N2CCCC2)c(Cn2cccc2)c1. The number of nitro groups is 1. The van der Waals surface area contributed by atoms with Gasteiger partial charge >= 0.3 is 0 Å². The van der Waals surface area contributed by atoms with E-state index in [1.54, 1.807) is 12.1 Å². The first-order valence-corrected chi connectivity index (χ1v) is 6.87. The van der Waals surface area contributed by atoms with Gasteiger partial charge in [-0.05, 0) is 31.0 Å². The fraction of sp³-hybridized carbons (Fsp3) is 0.333. The lowest BCUT2D eigenvalue weighted by Gasteiger charge is -2.21. The largest absolute Gasteiger partial charge is 0.371 e. The molecule has 1 aromatic heterocycles. The Morgan fingerprint density at radius 2 is 1.85 bits per heavy atom. The Balaban J connectivity index is 1.97. The molecule has 1 aromatic carbocycles. The number of hydrogen-bond acceptors (Lipinski definition) is 3. The van der Waals surface area contributed by atoms with Crippen LogP contribution in [0.3, 0.4) is 0 Å². The molecular weight excluding hydrogens is 254 g/mol. The monoisotopic (exact) mass is 271 g/mol. The zero-order chi connectivity index (χ0) is 13.9. The van der Waals surface area contributed by atoms with Crippen LogP contribution in [0.4, 0.5) is 11.4 Å². The molecular formula is C15H17N3O2. The van der Waals surface area contributed by atoms with E-state index in [-0.39, 0.29) is 10.6 Å². The number of anilines is 1. The average Bonchev–Trinajstić information content (AvgIpc) is 3.11. The number of rotatable bonds is 4. The Morgan fingerprint density at radius 1 is 1.15 bits per heavy atom. The maximum atomic E-state index is 11.0. The third-order valence-electron chi connectivity index (χ3n) is 3.74. The molecule has 5 heteroatoms. The number of aromatic nitrogens is 1. The second kappa shape index (κ2) is 5.36. The van der Waals surface area contributed by atoms with Crippen LogP contribution in [0.1, 0.15) is 18.4 Å². The lowest BCUT2D eigenvalue weighted by atomic mass is 10.1. The minimum Gasteiger partial charge on any atom is -0.371 e. The fourth-order valence-corrected chi connectivity index (χ4v) is 2.75. The fourth-order valence-electron chi connectivity index (χ4n) is 2.75. The van der Waals surface area contributed by atoms with Gasteiger partial charge in [0.1, 0.15) is 0 Å². The summed E-state index contributed by atoms with van der Waals surface area (Å²) in [5, 5.41) is 11.0. The summed E-state index contributed by atoms with van der Waals surface area (Å²) in [6.45, 7) is 2.74. The van der Waals surface area contributed by atoms with Crippen LogP contribution < -0.4 is 4.90 Å². The third kappa shape index (κ3) is 2.52. The molecule has 0 unspecified atom stereocenters. The van der Waals surface area contributed by atoms with E-state index in [1.807, 2.05) is 35.2 Å². The summed E-state index contributed by atoms with van der Waals surface area (Å²) in [7, 11) is 0. The summed E-state index contributed by atoms with van der Waals surface area (Å²) >= 11 is 0. The molecule has 1 saturated heterocycles. The van der Waals surface area contributed by atoms with Gasteiger partial charge in [-0.2, -0.15) is 0 Å². The van der Waals surface area contributed by atoms with Crippen molar-refractivity contribution in [2.45, 2.75) is 19.4 Å². The van der Waals surface area contributed by atoms with Gasteiger partial charge in [0, 0.05) is 55.4 Å². The zero-order valence-corrected chi connectivity index (χ0v) is 11.2. The van der Waals surface area contributed by atoms with Crippen molar-refractivity contribution < 1.29 is 4.92 Å². The van der Waals surface area contributed by atoms with Crippen molar-refractivity contribution in [3.8, 4) is 0 Å². The van der Waals surface area contributed by atoms with Crippen LogP contribution in [-0.2, 0) is 6.54 Å². The first kappa shape index (κ1) is 12.7. The third-order valence-corrected chi connectivity index (χ3v) is 3.74. The van der Waals surface area contributed by atoms with E-state index in [1.165, 1.54) is 12.8 Å². The molecule has 0 N–H and O–H groups in total. The topological polar surface area (TPSA) is 51.3 Å². The first-order valence-electron chi connectivity index (χ1n) is 6.87. The molecule has 0 aliphatic carbocycles. The molecule has 0 saturated carbocycles. The number of nitrogens with zero attached hydrogens (tertiary/aromatic N) is 3. The molecule has 0 spiro atoms. The highest BCUT2D eigenvalue weighted by Crippen LogP contribution is 2.29. The molecule has 20 heavy (non-hydrogen) atoms. The molecule has 104 valence electrons. The molecule has 5 nitrogen and oxygen atoms in total. The molecule has 0 bridgehead atoms. The summed E-state index contributed by atoms with van der Waals surface area (Å²) < 4.78 is 2.04. The second-order valence-electron chi connectivity index (χ2n) is 5.12. The molecule has 1 fully saturated rings. The predicted molar refractivity (Wildman–Crippen MR) is 78.1 cm³/mol. The van der Waals surface area contributed by atoms with Crippen molar-refractivity contribution in [3.05, 3.63) is 58.4 Å². The Hall–Kier alpha value is -2.30. The van der Waals surface area contributed by atoms with Gasteiger partial charge in [-0.1, -0.05) is 0 Å². The van der Waals surface area contributed by atoms with Crippen LogP contribution in [0.2, 0.25) is 0 Å². The maximum absolute atomic E-state index is 11.0. The molecule has 0 amide bonds. The Kier molecular flexibility index (Phi) is 3.41. The van der Waals surface area contributed by atoms with Gasteiger partial charge in [0.25, 0.3) is 5.69 Å². The number of nitro benzene ring substituents is 1. The van der Waals surface area contributed by atoms with E-state index in [0.29, 0.717) is 6.54 Å². The van der Waals surface area contributed by atoms with Gasteiger partial charge in [-0.25, -0.2) is 0 Å². The van der Waals surface area contributed by atoms with Crippen molar-refractivity contribution in [2.24, 2.45) is 0 Å². The maximum Gasteiger partial charge on any atom is 0.269 e. The van der Waals surface area contributed by atoms with E-state index >= 15 is 0 Å².